The van der Waals surface area contributed by atoms with Crippen molar-refractivity contribution >= 4 is 5.65 Å². The number of imidazole rings is 1. The number of hydrogen-bond donors (Lipinski definition) is 1. The minimum Gasteiger partial charge on any atom is -0.492 e. The fourth-order valence-electron chi connectivity index (χ4n) is 1.18. The van der Waals surface area contributed by atoms with E-state index in [1.54, 1.807) is 13.1 Å². The third kappa shape index (κ3) is 0.922. The van der Waals surface area contributed by atoms with E-state index in [-0.39, 0.29) is 11.5 Å². The van der Waals surface area contributed by atoms with Crippen LogP contribution in [0.15, 0.2) is 18.5 Å². The topological polar surface area (TPSA) is 37.5 Å². The van der Waals surface area contributed by atoms with Crippen LogP contribution in [0.4, 0.5) is 4.39 Å². The lowest BCUT2D eigenvalue weighted by Crippen LogP contribution is -1.89. The molecule has 0 spiro atoms. The highest BCUT2D eigenvalue weighted by atomic mass is 19.1. The van der Waals surface area contributed by atoms with E-state index in [4.69, 9.17) is 5.11 Å². The van der Waals surface area contributed by atoms with Gasteiger partial charge in [-0.1, -0.05) is 0 Å². The molecule has 0 aromatic carbocycles. The van der Waals surface area contributed by atoms with Crippen LogP contribution >= 0.6 is 0 Å². The number of hydrogen-bond acceptors (Lipinski definition) is 2. The number of pyridine rings is 1. The number of rotatable bonds is 0. The molecule has 0 unspecified atom stereocenters. The molecule has 0 fully saturated rings. The first-order valence-electron chi connectivity index (χ1n) is 3.50. The predicted molar refractivity (Wildman–Crippen MR) is 41.6 cm³/mol. The molecular formula is C8H7FN2O. The second-order valence-corrected chi connectivity index (χ2v) is 2.70. The summed E-state index contributed by atoms with van der Waals surface area (Å²) in [5, 5.41) is 8.97. The maximum atomic E-state index is 13.1. The van der Waals surface area contributed by atoms with Crippen LogP contribution in [0.3, 0.4) is 0 Å². The third-order valence-corrected chi connectivity index (χ3v) is 1.63. The predicted octanol–water partition coefficient (Wildman–Crippen LogP) is 1.49. The monoisotopic (exact) mass is 166 g/mol. The van der Waals surface area contributed by atoms with E-state index in [0.717, 1.165) is 5.56 Å². The summed E-state index contributed by atoms with van der Waals surface area (Å²) in [5.74, 6) is -0.588. The van der Waals surface area contributed by atoms with E-state index in [1.165, 1.54) is 16.7 Å². The van der Waals surface area contributed by atoms with Gasteiger partial charge in [0.2, 0.25) is 5.88 Å². The Labute approximate surface area is 68.1 Å². The van der Waals surface area contributed by atoms with Crippen molar-refractivity contribution in [2.75, 3.05) is 0 Å². The first kappa shape index (κ1) is 7.09. The standard InChI is InChI=1S/C8H7FN2O/c1-5-2-6(9)8-10-7(12)4-11(8)3-5/h2-4,12H,1H3. The van der Waals surface area contributed by atoms with E-state index >= 15 is 0 Å². The van der Waals surface area contributed by atoms with Crippen LogP contribution in [0.1, 0.15) is 5.56 Å². The van der Waals surface area contributed by atoms with Crippen LogP contribution in [0.5, 0.6) is 5.88 Å². The molecule has 12 heavy (non-hydrogen) atoms. The van der Waals surface area contributed by atoms with Gasteiger partial charge in [-0.25, -0.2) is 4.39 Å². The summed E-state index contributed by atoms with van der Waals surface area (Å²) in [6.45, 7) is 1.78. The number of aromatic nitrogens is 2. The van der Waals surface area contributed by atoms with Crippen molar-refractivity contribution in [3.05, 3.63) is 29.8 Å². The summed E-state index contributed by atoms with van der Waals surface area (Å²) in [6, 6.07) is 1.38. The van der Waals surface area contributed by atoms with Gasteiger partial charge in [0.05, 0.1) is 6.20 Å². The molecule has 0 aliphatic heterocycles. The molecule has 2 heterocycles. The lowest BCUT2D eigenvalue weighted by atomic mass is 10.3. The molecule has 62 valence electrons. The Morgan fingerprint density at radius 1 is 1.50 bits per heavy atom. The van der Waals surface area contributed by atoms with Gasteiger partial charge in [0, 0.05) is 6.20 Å². The smallest absolute Gasteiger partial charge is 0.230 e. The van der Waals surface area contributed by atoms with E-state index in [2.05, 4.69) is 4.98 Å². The summed E-state index contributed by atoms with van der Waals surface area (Å²) < 4.78 is 14.5. The number of aryl methyl sites for hydroxylation is 1. The number of aromatic hydroxyl groups is 1. The van der Waals surface area contributed by atoms with Crippen molar-refractivity contribution in [2.24, 2.45) is 0 Å². The summed E-state index contributed by atoms with van der Waals surface area (Å²) in [6.07, 6.45) is 3.07. The summed E-state index contributed by atoms with van der Waals surface area (Å²) in [7, 11) is 0. The molecule has 2 rings (SSSR count). The quantitative estimate of drug-likeness (QED) is 0.643. The molecule has 0 aliphatic carbocycles. The normalized spacial score (nSPS) is 10.8. The van der Waals surface area contributed by atoms with Crippen molar-refractivity contribution in [2.45, 2.75) is 6.92 Å². The maximum absolute atomic E-state index is 13.1. The molecular weight excluding hydrogens is 159 g/mol. The summed E-state index contributed by atoms with van der Waals surface area (Å²) in [4.78, 5) is 3.60. The molecule has 0 saturated heterocycles. The van der Waals surface area contributed by atoms with Crippen molar-refractivity contribution in [1.82, 2.24) is 9.38 Å². The van der Waals surface area contributed by atoms with Gasteiger partial charge in [0.15, 0.2) is 11.5 Å². The van der Waals surface area contributed by atoms with Gasteiger partial charge in [-0.15, -0.1) is 0 Å². The van der Waals surface area contributed by atoms with Gasteiger partial charge >= 0.3 is 0 Å². The second-order valence-electron chi connectivity index (χ2n) is 2.70. The summed E-state index contributed by atoms with van der Waals surface area (Å²) >= 11 is 0. The minimum absolute atomic E-state index is 0.151. The zero-order valence-corrected chi connectivity index (χ0v) is 6.45. The zero-order valence-electron chi connectivity index (χ0n) is 6.45. The van der Waals surface area contributed by atoms with Gasteiger partial charge in [-0.3, -0.25) is 0 Å². The lowest BCUT2D eigenvalue weighted by molar-refractivity contribution is 0.457. The largest absolute Gasteiger partial charge is 0.492 e. The van der Waals surface area contributed by atoms with Gasteiger partial charge in [0.25, 0.3) is 0 Å². The van der Waals surface area contributed by atoms with Crippen LogP contribution < -0.4 is 0 Å². The molecule has 0 saturated carbocycles. The Hall–Kier alpha value is -1.58. The highest BCUT2D eigenvalue weighted by molar-refractivity contribution is 5.44. The van der Waals surface area contributed by atoms with E-state index in [9.17, 15) is 4.39 Å². The first-order valence-corrected chi connectivity index (χ1v) is 3.50. The van der Waals surface area contributed by atoms with Crippen LogP contribution in [-0.2, 0) is 0 Å². The molecule has 0 aliphatic rings. The Morgan fingerprint density at radius 2 is 2.25 bits per heavy atom. The Kier molecular flexibility index (Phi) is 1.30. The number of fused-ring (bicyclic) bond motifs is 1. The van der Waals surface area contributed by atoms with Crippen molar-refractivity contribution < 1.29 is 9.50 Å². The van der Waals surface area contributed by atoms with E-state index in [1.807, 2.05) is 0 Å². The Morgan fingerprint density at radius 3 is 3.00 bits per heavy atom. The van der Waals surface area contributed by atoms with Crippen LogP contribution in [0.2, 0.25) is 0 Å². The SMILES string of the molecule is Cc1cc(F)c2nc(O)cn2c1. The molecule has 3 nitrogen and oxygen atoms in total. The van der Waals surface area contributed by atoms with Crippen LogP contribution in [-0.4, -0.2) is 14.5 Å². The Bertz CT molecular complexity index is 436. The fourth-order valence-corrected chi connectivity index (χ4v) is 1.18. The average Bonchev–Trinajstić information content (AvgIpc) is 2.29. The molecule has 0 amide bonds. The van der Waals surface area contributed by atoms with Gasteiger partial charge < -0.3 is 9.51 Å². The number of nitrogens with zero attached hydrogens (tertiary/aromatic N) is 2. The molecule has 2 aromatic heterocycles. The molecule has 2 aromatic rings. The van der Waals surface area contributed by atoms with Gasteiger partial charge in [-0.2, -0.15) is 4.98 Å². The zero-order chi connectivity index (χ0) is 8.72. The number of halogens is 1. The molecule has 4 heteroatoms. The average molecular weight is 166 g/mol. The molecule has 0 bridgehead atoms. The summed E-state index contributed by atoms with van der Waals surface area (Å²) in [5.41, 5.74) is 0.940. The van der Waals surface area contributed by atoms with Crippen molar-refractivity contribution in [1.29, 1.82) is 0 Å². The molecule has 0 atom stereocenters. The molecule has 1 N–H and O–H groups in total. The fraction of sp³-hybridized carbons (Fsp3) is 0.125. The van der Waals surface area contributed by atoms with Gasteiger partial charge in [-0.05, 0) is 18.6 Å². The van der Waals surface area contributed by atoms with E-state index < -0.39 is 5.82 Å². The van der Waals surface area contributed by atoms with Crippen LogP contribution in [0.25, 0.3) is 5.65 Å². The maximum Gasteiger partial charge on any atom is 0.230 e. The first-order chi connectivity index (χ1) is 5.66. The highest BCUT2D eigenvalue weighted by Gasteiger charge is 2.05. The second kappa shape index (κ2) is 2.20. The van der Waals surface area contributed by atoms with Crippen molar-refractivity contribution in [3.63, 3.8) is 0 Å². The third-order valence-electron chi connectivity index (χ3n) is 1.63. The van der Waals surface area contributed by atoms with E-state index in [0.29, 0.717) is 0 Å². The van der Waals surface area contributed by atoms with Gasteiger partial charge in [0.1, 0.15) is 0 Å². The molecule has 0 radical (unpaired) electrons. The minimum atomic E-state index is -0.421. The van der Waals surface area contributed by atoms with Crippen LogP contribution in [0, 0.1) is 12.7 Å². The lowest BCUT2D eigenvalue weighted by Gasteiger charge is -1.95. The van der Waals surface area contributed by atoms with Crippen molar-refractivity contribution in [3.8, 4) is 5.88 Å². The Balaban J connectivity index is 2.88. The highest BCUT2D eigenvalue weighted by Crippen LogP contribution is 2.14.